The molecular formula is C27H26O. The van der Waals surface area contributed by atoms with Gasteiger partial charge in [0.1, 0.15) is 0 Å². The van der Waals surface area contributed by atoms with Crippen molar-refractivity contribution in [3.05, 3.63) is 119 Å². The molecular weight excluding hydrogens is 340 g/mol. The molecule has 1 nitrogen and oxygen atoms in total. The van der Waals surface area contributed by atoms with Crippen LogP contribution in [0.5, 0.6) is 0 Å². The predicted molar refractivity (Wildman–Crippen MR) is 116 cm³/mol. The smallest absolute Gasteiger partial charge is 0.0431 e. The van der Waals surface area contributed by atoms with Gasteiger partial charge in [0.2, 0.25) is 0 Å². The minimum atomic E-state index is 0.0746. The monoisotopic (exact) mass is 366 g/mol. The van der Waals surface area contributed by atoms with Crippen molar-refractivity contribution in [3.8, 4) is 0 Å². The van der Waals surface area contributed by atoms with Crippen molar-refractivity contribution in [2.24, 2.45) is 0 Å². The van der Waals surface area contributed by atoms with Gasteiger partial charge in [0, 0.05) is 17.6 Å². The van der Waals surface area contributed by atoms with E-state index in [1.165, 1.54) is 22.3 Å². The first-order chi connectivity index (χ1) is 13.8. The van der Waals surface area contributed by atoms with Gasteiger partial charge < -0.3 is 5.11 Å². The Bertz CT molecular complexity index is 925. The summed E-state index contributed by atoms with van der Waals surface area (Å²) in [5.74, 6) is 0. The van der Waals surface area contributed by atoms with Gasteiger partial charge in [-0.05, 0) is 47.9 Å². The largest absolute Gasteiger partial charge is 0.396 e. The quantitative estimate of drug-likeness (QED) is 0.393. The maximum absolute atomic E-state index is 9.24. The van der Waals surface area contributed by atoms with Gasteiger partial charge in [-0.1, -0.05) is 91.0 Å². The molecule has 3 aromatic carbocycles. The molecule has 28 heavy (non-hydrogen) atoms. The number of unbranched alkanes of at least 4 members (excludes halogenated alkanes) is 1. The molecule has 1 aliphatic rings. The summed E-state index contributed by atoms with van der Waals surface area (Å²) in [6.07, 6.45) is 4.00. The lowest BCUT2D eigenvalue weighted by Crippen LogP contribution is -2.07. The number of allylic oxidation sites excluding steroid dienone is 1. The van der Waals surface area contributed by atoms with Gasteiger partial charge in [0.05, 0.1) is 0 Å². The average molecular weight is 367 g/mol. The van der Waals surface area contributed by atoms with Gasteiger partial charge in [-0.25, -0.2) is 0 Å². The van der Waals surface area contributed by atoms with Crippen LogP contribution in [-0.2, 0) is 5.41 Å². The number of aliphatic hydroxyl groups is 1. The highest BCUT2D eigenvalue weighted by Crippen LogP contribution is 2.57. The molecule has 0 aliphatic heterocycles. The summed E-state index contributed by atoms with van der Waals surface area (Å²) < 4.78 is 0. The Hall–Kier alpha value is -2.86. The third kappa shape index (κ3) is 3.87. The Morgan fingerprint density at radius 3 is 1.82 bits per heavy atom. The summed E-state index contributed by atoms with van der Waals surface area (Å²) >= 11 is 0. The van der Waals surface area contributed by atoms with Crippen LogP contribution >= 0.6 is 0 Å². The van der Waals surface area contributed by atoms with Crippen molar-refractivity contribution in [1.29, 1.82) is 0 Å². The Morgan fingerprint density at radius 2 is 1.29 bits per heavy atom. The molecule has 1 unspecified atom stereocenters. The summed E-state index contributed by atoms with van der Waals surface area (Å²) in [7, 11) is 0. The van der Waals surface area contributed by atoms with Crippen LogP contribution in [-0.4, -0.2) is 11.7 Å². The van der Waals surface area contributed by atoms with E-state index in [0.717, 1.165) is 31.3 Å². The highest BCUT2D eigenvalue weighted by Gasteiger charge is 2.49. The molecule has 0 amide bonds. The van der Waals surface area contributed by atoms with Crippen LogP contribution in [0.2, 0.25) is 0 Å². The number of hydrogen-bond donors (Lipinski definition) is 1. The Balaban J connectivity index is 1.81. The Kier molecular flexibility index (Phi) is 5.58. The van der Waals surface area contributed by atoms with Gasteiger partial charge >= 0.3 is 0 Å². The fourth-order valence-corrected chi connectivity index (χ4v) is 4.05. The van der Waals surface area contributed by atoms with Gasteiger partial charge in [-0.15, -0.1) is 5.73 Å². The molecule has 0 heterocycles. The first-order valence-corrected chi connectivity index (χ1v) is 10.1. The van der Waals surface area contributed by atoms with Crippen molar-refractivity contribution in [2.45, 2.75) is 31.1 Å². The second-order valence-electron chi connectivity index (χ2n) is 7.52. The van der Waals surface area contributed by atoms with E-state index < -0.39 is 0 Å². The number of hydrogen-bond acceptors (Lipinski definition) is 1. The molecule has 1 aliphatic carbocycles. The summed E-state index contributed by atoms with van der Waals surface area (Å²) in [5, 5.41) is 9.24. The van der Waals surface area contributed by atoms with Crippen LogP contribution in [0.3, 0.4) is 0 Å². The van der Waals surface area contributed by atoms with Crippen molar-refractivity contribution in [1.82, 2.24) is 0 Å². The summed E-state index contributed by atoms with van der Waals surface area (Å²) in [6, 6.07) is 31.9. The second kappa shape index (κ2) is 8.44. The maximum Gasteiger partial charge on any atom is 0.0431 e. The molecule has 0 bridgehead atoms. The zero-order chi connectivity index (χ0) is 19.2. The third-order valence-electron chi connectivity index (χ3n) is 5.67. The van der Waals surface area contributed by atoms with Gasteiger partial charge in [-0.3, -0.25) is 0 Å². The normalized spacial score (nSPS) is 17.8. The van der Waals surface area contributed by atoms with Gasteiger partial charge in [-0.2, -0.15) is 0 Å². The lowest BCUT2D eigenvalue weighted by Gasteiger charge is -2.15. The fraction of sp³-hybridized carbons (Fsp3) is 0.222. The van der Waals surface area contributed by atoms with Crippen molar-refractivity contribution >= 4 is 5.57 Å². The highest BCUT2D eigenvalue weighted by atomic mass is 16.2. The summed E-state index contributed by atoms with van der Waals surface area (Å²) in [5.41, 5.74) is 10.2. The molecule has 4 rings (SSSR count). The minimum Gasteiger partial charge on any atom is -0.396 e. The molecule has 3 aromatic rings. The van der Waals surface area contributed by atoms with Gasteiger partial charge in [0.25, 0.3) is 0 Å². The molecule has 1 atom stereocenters. The molecule has 1 fully saturated rings. The van der Waals surface area contributed by atoms with E-state index in [1.54, 1.807) is 0 Å². The SMILES string of the molecule is OCCCCC1(c2ccccc2)CC1=C=C(c1ccccc1)c1ccccc1. The van der Waals surface area contributed by atoms with E-state index in [9.17, 15) is 5.11 Å². The van der Waals surface area contributed by atoms with Gasteiger partial charge in [0.15, 0.2) is 0 Å². The number of benzene rings is 3. The van der Waals surface area contributed by atoms with Crippen LogP contribution in [0.4, 0.5) is 0 Å². The molecule has 1 saturated carbocycles. The highest BCUT2D eigenvalue weighted by molar-refractivity contribution is 5.80. The fourth-order valence-electron chi connectivity index (χ4n) is 4.05. The molecule has 0 radical (unpaired) electrons. The Morgan fingerprint density at radius 1 is 0.750 bits per heavy atom. The zero-order valence-electron chi connectivity index (χ0n) is 16.1. The molecule has 0 saturated heterocycles. The van der Waals surface area contributed by atoms with Crippen molar-refractivity contribution in [3.63, 3.8) is 0 Å². The molecule has 140 valence electrons. The number of rotatable bonds is 7. The van der Waals surface area contributed by atoms with Crippen LogP contribution in [0.15, 0.2) is 102 Å². The average Bonchev–Trinajstić information content (AvgIpc) is 3.48. The van der Waals surface area contributed by atoms with E-state index in [4.69, 9.17) is 0 Å². The van der Waals surface area contributed by atoms with E-state index in [2.05, 4.69) is 96.7 Å². The van der Waals surface area contributed by atoms with Crippen LogP contribution < -0.4 is 0 Å². The van der Waals surface area contributed by atoms with Crippen LogP contribution in [0.25, 0.3) is 5.57 Å². The topological polar surface area (TPSA) is 20.2 Å². The number of aliphatic hydroxyl groups excluding tert-OH is 1. The molecule has 0 spiro atoms. The molecule has 0 aromatic heterocycles. The summed E-state index contributed by atoms with van der Waals surface area (Å²) in [6.45, 7) is 0.263. The maximum atomic E-state index is 9.24. The Labute approximate surface area is 167 Å². The lowest BCUT2D eigenvalue weighted by molar-refractivity contribution is 0.281. The standard InChI is InChI=1S/C27H26O/c28-19-11-10-18-27(24-16-8-3-9-17-24)21-25(27)20-26(22-12-4-1-5-13-22)23-14-6-2-7-15-23/h1-9,12-17,28H,10-11,18-19,21H2. The first-order valence-electron chi connectivity index (χ1n) is 10.1. The zero-order valence-corrected chi connectivity index (χ0v) is 16.1. The predicted octanol–water partition coefficient (Wildman–Crippen LogP) is 6.15. The molecule has 1 N–H and O–H groups in total. The third-order valence-corrected chi connectivity index (χ3v) is 5.67. The van der Waals surface area contributed by atoms with Crippen LogP contribution in [0, 0.1) is 0 Å². The lowest BCUT2D eigenvalue weighted by atomic mass is 9.89. The minimum absolute atomic E-state index is 0.0746. The second-order valence-corrected chi connectivity index (χ2v) is 7.52. The van der Waals surface area contributed by atoms with E-state index in [0.29, 0.717) is 0 Å². The van der Waals surface area contributed by atoms with E-state index in [1.807, 2.05) is 0 Å². The summed E-state index contributed by atoms with van der Waals surface area (Å²) in [4.78, 5) is 0. The molecule has 1 heteroatoms. The van der Waals surface area contributed by atoms with Crippen molar-refractivity contribution in [2.75, 3.05) is 6.61 Å². The van der Waals surface area contributed by atoms with E-state index in [-0.39, 0.29) is 12.0 Å². The van der Waals surface area contributed by atoms with Crippen molar-refractivity contribution < 1.29 is 5.11 Å². The first kappa shape index (κ1) is 18.5. The van der Waals surface area contributed by atoms with Crippen LogP contribution in [0.1, 0.15) is 42.4 Å². The van der Waals surface area contributed by atoms with E-state index >= 15 is 0 Å².